The van der Waals surface area contributed by atoms with E-state index in [1.807, 2.05) is 4.90 Å². The summed E-state index contributed by atoms with van der Waals surface area (Å²) in [6.45, 7) is 2.83. The highest BCUT2D eigenvalue weighted by Crippen LogP contribution is 2.37. The maximum Gasteiger partial charge on any atom is 0.253 e. The zero-order valence-electron chi connectivity index (χ0n) is 18.8. The van der Waals surface area contributed by atoms with E-state index >= 15 is 0 Å². The molecule has 0 radical (unpaired) electrons. The third kappa shape index (κ3) is 5.89. The monoisotopic (exact) mass is 456 g/mol. The normalized spacial score (nSPS) is 18.1. The van der Waals surface area contributed by atoms with Crippen molar-refractivity contribution in [1.29, 1.82) is 0 Å². The Hall–Kier alpha value is -2.96. The Bertz CT molecular complexity index is 966. The average molecular weight is 457 g/mol. The van der Waals surface area contributed by atoms with Gasteiger partial charge in [0.1, 0.15) is 17.4 Å². The van der Waals surface area contributed by atoms with E-state index in [0.29, 0.717) is 50.3 Å². The first-order valence-electron chi connectivity index (χ1n) is 11.7. The maximum atomic E-state index is 13.6. The SMILES string of the molecule is O=C(CC1(COc2ccc(F)cc2)CCN(C(=O)c2cccc(F)c2)CC1)N1CCCCC1. The molecule has 2 aliphatic heterocycles. The molecular formula is C26H30F2N2O3. The lowest BCUT2D eigenvalue weighted by atomic mass is 9.75. The van der Waals surface area contributed by atoms with E-state index in [2.05, 4.69) is 0 Å². The number of likely N-dealkylation sites (tertiary alicyclic amines) is 2. The van der Waals surface area contributed by atoms with Crippen LogP contribution in [0.5, 0.6) is 5.75 Å². The molecule has 0 bridgehead atoms. The third-order valence-electron chi connectivity index (χ3n) is 6.78. The minimum Gasteiger partial charge on any atom is -0.493 e. The Morgan fingerprint density at radius 2 is 1.55 bits per heavy atom. The van der Waals surface area contributed by atoms with Crippen molar-refractivity contribution in [2.75, 3.05) is 32.8 Å². The molecule has 5 nitrogen and oxygen atoms in total. The highest BCUT2D eigenvalue weighted by Gasteiger charge is 2.40. The van der Waals surface area contributed by atoms with Crippen LogP contribution in [-0.4, -0.2) is 54.4 Å². The van der Waals surface area contributed by atoms with E-state index in [9.17, 15) is 18.4 Å². The van der Waals surface area contributed by atoms with Crippen molar-refractivity contribution in [3.05, 3.63) is 65.7 Å². The molecule has 0 atom stereocenters. The standard InChI is InChI=1S/C26H30F2N2O3/c27-21-7-9-23(10-8-21)33-19-26(18-24(31)29-13-2-1-3-14-29)11-15-30(16-12-26)25(32)20-5-4-6-22(28)17-20/h4-10,17H,1-3,11-16,18-19H2. The number of carbonyl (C=O) groups is 2. The van der Waals surface area contributed by atoms with Gasteiger partial charge in [0.15, 0.2) is 0 Å². The molecule has 33 heavy (non-hydrogen) atoms. The van der Waals surface area contributed by atoms with Crippen LogP contribution in [-0.2, 0) is 4.79 Å². The largest absolute Gasteiger partial charge is 0.493 e. The number of amides is 2. The molecule has 2 heterocycles. The van der Waals surface area contributed by atoms with Gasteiger partial charge in [-0.2, -0.15) is 0 Å². The molecule has 2 aromatic rings. The molecule has 2 saturated heterocycles. The van der Waals surface area contributed by atoms with Crippen molar-refractivity contribution in [1.82, 2.24) is 9.80 Å². The summed E-state index contributed by atoms with van der Waals surface area (Å²) >= 11 is 0. The molecule has 2 fully saturated rings. The zero-order valence-corrected chi connectivity index (χ0v) is 18.8. The summed E-state index contributed by atoms with van der Waals surface area (Å²) in [6, 6.07) is 11.6. The topological polar surface area (TPSA) is 49.9 Å². The quantitative estimate of drug-likeness (QED) is 0.635. The Kier molecular flexibility index (Phi) is 7.26. The van der Waals surface area contributed by atoms with E-state index in [1.165, 1.54) is 30.3 Å². The van der Waals surface area contributed by atoms with E-state index in [-0.39, 0.29) is 17.6 Å². The van der Waals surface area contributed by atoms with E-state index in [1.54, 1.807) is 23.1 Å². The van der Waals surface area contributed by atoms with E-state index < -0.39 is 11.2 Å². The van der Waals surface area contributed by atoms with Gasteiger partial charge in [0.25, 0.3) is 5.91 Å². The van der Waals surface area contributed by atoms with Crippen LogP contribution in [0.4, 0.5) is 8.78 Å². The van der Waals surface area contributed by atoms with Gasteiger partial charge in [0.05, 0.1) is 6.61 Å². The number of ether oxygens (including phenoxy) is 1. The van der Waals surface area contributed by atoms with Crippen LogP contribution in [0, 0.1) is 17.0 Å². The lowest BCUT2D eigenvalue weighted by Crippen LogP contribution is -2.48. The average Bonchev–Trinajstić information content (AvgIpc) is 2.84. The molecule has 0 aliphatic carbocycles. The lowest BCUT2D eigenvalue weighted by Gasteiger charge is -2.42. The fraction of sp³-hybridized carbons (Fsp3) is 0.462. The van der Waals surface area contributed by atoms with Crippen molar-refractivity contribution in [3.63, 3.8) is 0 Å². The minimum atomic E-state index is -0.438. The summed E-state index contributed by atoms with van der Waals surface area (Å²) in [5, 5.41) is 0. The van der Waals surface area contributed by atoms with Crippen LogP contribution in [0.15, 0.2) is 48.5 Å². The molecule has 2 aliphatic rings. The maximum absolute atomic E-state index is 13.6. The molecule has 4 rings (SSSR count). The molecule has 0 aromatic heterocycles. The Labute approximate surface area is 193 Å². The van der Waals surface area contributed by atoms with Crippen molar-refractivity contribution >= 4 is 11.8 Å². The zero-order chi connectivity index (χ0) is 23.3. The number of hydrogen-bond donors (Lipinski definition) is 0. The van der Waals surface area contributed by atoms with Gasteiger partial charge >= 0.3 is 0 Å². The predicted octanol–water partition coefficient (Wildman–Crippen LogP) is 4.67. The number of halogens is 2. The Morgan fingerprint density at radius 1 is 0.848 bits per heavy atom. The predicted molar refractivity (Wildman–Crippen MR) is 121 cm³/mol. The Morgan fingerprint density at radius 3 is 2.21 bits per heavy atom. The van der Waals surface area contributed by atoms with Crippen LogP contribution >= 0.6 is 0 Å². The second kappa shape index (κ2) is 10.3. The highest BCUT2D eigenvalue weighted by molar-refractivity contribution is 5.94. The van der Waals surface area contributed by atoms with Gasteiger partial charge in [0, 0.05) is 43.6 Å². The highest BCUT2D eigenvalue weighted by atomic mass is 19.1. The van der Waals surface area contributed by atoms with Crippen LogP contribution in [0.25, 0.3) is 0 Å². The summed E-state index contributed by atoms with van der Waals surface area (Å²) in [7, 11) is 0. The number of piperidine rings is 2. The summed E-state index contributed by atoms with van der Waals surface area (Å²) in [5.74, 6) is -0.291. The first-order valence-corrected chi connectivity index (χ1v) is 11.7. The summed E-state index contributed by atoms with van der Waals surface area (Å²) < 4.78 is 32.8. The molecule has 0 unspecified atom stereocenters. The number of hydrogen-bond acceptors (Lipinski definition) is 3. The third-order valence-corrected chi connectivity index (χ3v) is 6.78. The lowest BCUT2D eigenvalue weighted by molar-refractivity contribution is -0.136. The molecule has 2 aromatic carbocycles. The van der Waals surface area contributed by atoms with Crippen molar-refractivity contribution in [3.8, 4) is 5.75 Å². The van der Waals surface area contributed by atoms with Crippen LogP contribution in [0.3, 0.4) is 0 Å². The molecule has 7 heteroatoms. The van der Waals surface area contributed by atoms with E-state index in [0.717, 1.165) is 32.4 Å². The first kappa shape index (κ1) is 23.2. The van der Waals surface area contributed by atoms with Crippen molar-refractivity contribution < 1.29 is 23.1 Å². The van der Waals surface area contributed by atoms with Crippen LogP contribution in [0.1, 0.15) is 48.9 Å². The van der Waals surface area contributed by atoms with Gasteiger partial charge in [-0.1, -0.05) is 6.07 Å². The number of rotatable bonds is 6. The van der Waals surface area contributed by atoms with Gasteiger partial charge in [-0.3, -0.25) is 9.59 Å². The van der Waals surface area contributed by atoms with E-state index in [4.69, 9.17) is 4.74 Å². The summed E-state index contributed by atoms with van der Waals surface area (Å²) in [5.41, 5.74) is -0.0868. The second-order valence-corrected chi connectivity index (χ2v) is 9.16. The number of nitrogens with zero attached hydrogens (tertiary/aromatic N) is 2. The van der Waals surface area contributed by atoms with Gasteiger partial charge in [-0.05, 0) is 74.6 Å². The molecular weight excluding hydrogens is 426 g/mol. The first-order chi connectivity index (χ1) is 15.9. The molecule has 0 saturated carbocycles. The van der Waals surface area contributed by atoms with Gasteiger partial charge in [-0.25, -0.2) is 8.78 Å². The van der Waals surface area contributed by atoms with Crippen LogP contribution in [0.2, 0.25) is 0 Å². The van der Waals surface area contributed by atoms with Gasteiger partial charge in [0.2, 0.25) is 5.91 Å². The van der Waals surface area contributed by atoms with Gasteiger partial charge in [-0.15, -0.1) is 0 Å². The molecule has 2 amide bonds. The fourth-order valence-electron chi connectivity index (χ4n) is 4.70. The van der Waals surface area contributed by atoms with Crippen molar-refractivity contribution in [2.45, 2.75) is 38.5 Å². The number of benzene rings is 2. The van der Waals surface area contributed by atoms with Crippen LogP contribution < -0.4 is 4.74 Å². The molecule has 0 N–H and O–H groups in total. The van der Waals surface area contributed by atoms with Crippen molar-refractivity contribution in [2.24, 2.45) is 5.41 Å². The second-order valence-electron chi connectivity index (χ2n) is 9.16. The molecule has 176 valence electrons. The summed E-state index contributed by atoms with van der Waals surface area (Å²) in [4.78, 5) is 29.6. The van der Waals surface area contributed by atoms with Gasteiger partial charge < -0.3 is 14.5 Å². The Balaban J connectivity index is 1.45. The minimum absolute atomic E-state index is 0.127. The molecule has 0 spiro atoms. The smallest absolute Gasteiger partial charge is 0.253 e. The summed E-state index contributed by atoms with van der Waals surface area (Å²) in [6.07, 6.45) is 4.78. The number of carbonyl (C=O) groups excluding carboxylic acids is 2. The fourth-order valence-corrected chi connectivity index (χ4v) is 4.70.